The van der Waals surface area contributed by atoms with E-state index in [9.17, 15) is 4.79 Å². The number of carbonyl (C=O) groups is 1. The monoisotopic (exact) mass is 262 g/mol. The summed E-state index contributed by atoms with van der Waals surface area (Å²) < 4.78 is 21.2. The van der Waals surface area contributed by atoms with E-state index < -0.39 is 0 Å². The zero-order valence-corrected chi connectivity index (χ0v) is 10.9. The molecular formula is C14H14O5. The van der Waals surface area contributed by atoms with Gasteiger partial charge in [-0.05, 0) is 12.1 Å². The lowest BCUT2D eigenvalue weighted by molar-refractivity contribution is 0.110. The van der Waals surface area contributed by atoms with Gasteiger partial charge in [0, 0.05) is 12.1 Å². The number of hydrogen-bond donors (Lipinski definition) is 0. The van der Waals surface area contributed by atoms with Crippen molar-refractivity contribution in [2.45, 2.75) is 0 Å². The highest BCUT2D eigenvalue weighted by Gasteiger charge is 2.18. The van der Waals surface area contributed by atoms with Gasteiger partial charge in [0.1, 0.15) is 28.6 Å². The topological polar surface area (TPSA) is 57.9 Å². The van der Waals surface area contributed by atoms with Crippen molar-refractivity contribution in [1.82, 2.24) is 0 Å². The average Bonchev–Trinajstić information content (AvgIpc) is 2.94. The fourth-order valence-electron chi connectivity index (χ4n) is 1.80. The van der Waals surface area contributed by atoms with Crippen LogP contribution in [-0.4, -0.2) is 27.6 Å². The summed E-state index contributed by atoms with van der Waals surface area (Å²) in [6, 6.07) is 6.73. The summed E-state index contributed by atoms with van der Waals surface area (Å²) in [6.07, 6.45) is 0.645. The minimum Gasteiger partial charge on any atom is -0.496 e. The van der Waals surface area contributed by atoms with Crippen LogP contribution in [0.15, 0.2) is 28.7 Å². The molecule has 0 atom stereocenters. The minimum atomic E-state index is 0.245. The van der Waals surface area contributed by atoms with Gasteiger partial charge in [0.25, 0.3) is 0 Å². The molecule has 100 valence electrons. The molecule has 0 spiro atoms. The van der Waals surface area contributed by atoms with Gasteiger partial charge >= 0.3 is 0 Å². The predicted octanol–water partition coefficient (Wildman–Crippen LogP) is 2.78. The normalized spacial score (nSPS) is 10.1. The van der Waals surface area contributed by atoms with Gasteiger partial charge in [-0.1, -0.05) is 0 Å². The number of furan rings is 1. The van der Waals surface area contributed by atoms with Gasteiger partial charge in [0.15, 0.2) is 12.0 Å². The second kappa shape index (κ2) is 5.48. The van der Waals surface area contributed by atoms with Crippen LogP contribution in [0.25, 0.3) is 11.3 Å². The maximum atomic E-state index is 10.7. The Balaban J connectivity index is 2.62. The first kappa shape index (κ1) is 13.0. The van der Waals surface area contributed by atoms with E-state index in [0.717, 1.165) is 0 Å². The van der Waals surface area contributed by atoms with Crippen molar-refractivity contribution in [2.75, 3.05) is 21.3 Å². The summed E-state index contributed by atoms with van der Waals surface area (Å²) >= 11 is 0. The van der Waals surface area contributed by atoms with Crippen LogP contribution in [0.2, 0.25) is 0 Å². The van der Waals surface area contributed by atoms with Gasteiger partial charge in [-0.3, -0.25) is 4.79 Å². The smallest absolute Gasteiger partial charge is 0.185 e. The maximum Gasteiger partial charge on any atom is 0.185 e. The van der Waals surface area contributed by atoms with E-state index in [1.165, 1.54) is 0 Å². The first-order valence-corrected chi connectivity index (χ1v) is 5.59. The second-order valence-electron chi connectivity index (χ2n) is 3.73. The lowest BCUT2D eigenvalue weighted by Crippen LogP contribution is -1.94. The Morgan fingerprint density at radius 1 is 1.00 bits per heavy atom. The van der Waals surface area contributed by atoms with Crippen LogP contribution < -0.4 is 14.2 Å². The zero-order chi connectivity index (χ0) is 13.8. The van der Waals surface area contributed by atoms with Gasteiger partial charge in [-0.15, -0.1) is 0 Å². The van der Waals surface area contributed by atoms with Crippen LogP contribution >= 0.6 is 0 Å². The van der Waals surface area contributed by atoms with Crippen LogP contribution in [0.5, 0.6) is 17.2 Å². The number of methoxy groups -OCH3 is 3. The largest absolute Gasteiger partial charge is 0.496 e. The third-order valence-corrected chi connectivity index (χ3v) is 2.70. The van der Waals surface area contributed by atoms with Crippen molar-refractivity contribution in [3.63, 3.8) is 0 Å². The summed E-state index contributed by atoms with van der Waals surface area (Å²) in [5.41, 5.74) is 0.638. The van der Waals surface area contributed by atoms with Crippen molar-refractivity contribution in [1.29, 1.82) is 0 Å². The molecule has 0 unspecified atom stereocenters. The molecule has 0 saturated carbocycles. The van der Waals surface area contributed by atoms with E-state index in [4.69, 9.17) is 18.6 Å². The van der Waals surface area contributed by atoms with E-state index in [1.807, 2.05) is 0 Å². The van der Waals surface area contributed by atoms with E-state index >= 15 is 0 Å². The first-order chi connectivity index (χ1) is 9.23. The molecule has 2 rings (SSSR count). The number of carbonyl (C=O) groups excluding carboxylic acids is 1. The van der Waals surface area contributed by atoms with Gasteiger partial charge in [-0.2, -0.15) is 0 Å². The first-order valence-electron chi connectivity index (χ1n) is 5.59. The Bertz CT molecular complexity index is 560. The van der Waals surface area contributed by atoms with Gasteiger partial charge in [0.2, 0.25) is 0 Å². The molecule has 19 heavy (non-hydrogen) atoms. The molecule has 1 aromatic carbocycles. The highest BCUT2D eigenvalue weighted by molar-refractivity contribution is 5.78. The molecule has 0 aliphatic rings. The van der Waals surface area contributed by atoms with Gasteiger partial charge in [0.05, 0.1) is 21.3 Å². The fraction of sp³-hybridized carbons (Fsp3) is 0.214. The van der Waals surface area contributed by atoms with E-state index in [-0.39, 0.29) is 5.76 Å². The van der Waals surface area contributed by atoms with Crippen LogP contribution in [0, 0.1) is 0 Å². The molecule has 0 fully saturated rings. The molecule has 1 aromatic heterocycles. The van der Waals surface area contributed by atoms with Crippen molar-refractivity contribution < 1.29 is 23.4 Å². The Morgan fingerprint density at radius 3 is 2.05 bits per heavy atom. The molecule has 0 amide bonds. The summed E-state index contributed by atoms with van der Waals surface area (Å²) in [5, 5.41) is 0. The lowest BCUT2D eigenvalue weighted by atomic mass is 10.1. The molecule has 0 N–H and O–H groups in total. The van der Waals surface area contributed by atoms with Crippen LogP contribution in [0.1, 0.15) is 10.6 Å². The van der Waals surface area contributed by atoms with Crippen LogP contribution in [0.4, 0.5) is 0 Å². The van der Waals surface area contributed by atoms with Crippen molar-refractivity contribution in [3.8, 4) is 28.6 Å². The summed E-state index contributed by atoms with van der Waals surface area (Å²) in [4.78, 5) is 10.7. The maximum absolute atomic E-state index is 10.7. The molecule has 2 aromatic rings. The zero-order valence-electron chi connectivity index (χ0n) is 10.9. The van der Waals surface area contributed by atoms with Crippen molar-refractivity contribution >= 4 is 6.29 Å². The molecule has 0 aliphatic heterocycles. The number of hydrogen-bond acceptors (Lipinski definition) is 5. The molecule has 0 radical (unpaired) electrons. The molecule has 0 bridgehead atoms. The Labute approximate surface area is 110 Å². The van der Waals surface area contributed by atoms with Crippen LogP contribution in [0.3, 0.4) is 0 Å². The molecule has 5 heteroatoms. The standard InChI is InChI=1S/C14H14O5/c1-16-10-6-12(17-2)14(13(7-10)18-3)11-5-4-9(8-15)19-11/h4-8H,1-3H3. The molecule has 1 heterocycles. The van der Waals surface area contributed by atoms with Crippen molar-refractivity contribution in [2.24, 2.45) is 0 Å². The number of ether oxygens (including phenoxy) is 3. The summed E-state index contributed by atoms with van der Waals surface area (Å²) in [5.74, 6) is 2.44. The number of rotatable bonds is 5. The molecule has 0 saturated heterocycles. The molecule has 0 aliphatic carbocycles. The van der Waals surface area contributed by atoms with Crippen LogP contribution in [-0.2, 0) is 0 Å². The van der Waals surface area contributed by atoms with E-state index in [2.05, 4.69) is 0 Å². The summed E-state index contributed by atoms with van der Waals surface area (Å²) in [7, 11) is 4.65. The minimum absolute atomic E-state index is 0.245. The van der Waals surface area contributed by atoms with E-state index in [0.29, 0.717) is 34.9 Å². The number of aldehydes is 1. The molecule has 5 nitrogen and oxygen atoms in total. The average molecular weight is 262 g/mol. The highest BCUT2D eigenvalue weighted by Crippen LogP contribution is 2.42. The SMILES string of the molecule is COc1cc(OC)c(-c2ccc(C=O)o2)c(OC)c1. The fourth-order valence-corrected chi connectivity index (χ4v) is 1.80. The Morgan fingerprint density at radius 2 is 1.63 bits per heavy atom. The van der Waals surface area contributed by atoms with E-state index in [1.54, 1.807) is 45.6 Å². The quantitative estimate of drug-likeness (QED) is 0.775. The van der Waals surface area contributed by atoms with Gasteiger partial charge in [-0.25, -0.2) is 0 Å². The third kappa shape index (κ3) is 2.40. The molecular weight excluding hydrogens is 248 g/mol. The second-order valence-corrected chi connectivity index (χ2v) is 3.73. The third-order valence-electron chi connectivity index (χ3n) is 2.70. The predicted molar refractivity (Wildman–Crippen MR) is 69.2 cm³/mol. The van der Waals surface area contributed by atoms with Gasteiger partial charge < -0.3 is 18.6 Å². The summed E-state index contributed by atoms with van der Waals surface area (Å²) in [6.45, 7) is 0. The lowest BCUT2D eigenvalue weighted by Gasteiger charge is -2.13. The van der Waals surface area contributed by atoms with Crippen molar-refractivity contribution in [3.05, 3.63) is 30.0 Å². The number of benzene rings is 1. The Kier molecular flexibility index (Phi) is 3.75. The highest BCUT2D eigenvalue weighted by atomic mass is 16.5. The Hall–Kier alpha value is -2.43.